The molecule has 3 aromatic rings. The van der Waals surface area contributed by atoms with Crippen molar-refractivity contribution in [2.45, 2.75) is 32.9 Å². The van der Waals surface area contributed by atoms with Gasteiger partial charge in [0.15, 0.2) is 17.0 Å². The van der Waals surface area contributed by atoms with E-state index in [1.165, 1.54) is 5.56 Å². The van der Waals surface area contributed by atoms with Crippen molar-refractivity contribution >= 4 is 22.9 Å². The van der Waals surface area contributed by atoms with Crippen molar-refractivity contribution in [2.75, 3.05) is 17.2 Å². The van der Waals surface area contributed by atoms with E-state index in [0.29, 0.717) is 24.9 Å². The number of anilines is 2. The Morgan fingerprint density at radius 2 is 2.00 bits per heavy atom. The zero-order chi connectivity index (χ0) is 17.5. The summed E-state index contributed by atoms with van der Waals surface area (Å²) in [6.07, 6.45) is 9.36. The van der Waals surface area contributed by atoms with Gasteiger partial charge in [-0.15, -0.1) is 6.42 Å². The summed E-state index contributed by atoms with van der Waals surface area (Å²) in [5.41, 5.74) is 2.77. The summed E-state index contributed by atoms with van der Waals surface area (Å²) in [5, 5.41) is 6.43. The maximum atomic E-state index is 5.34. The maximum absolute atomic E-state index is 5.34. The molecule has 2 heterocycles. The molecule has 25 heavy (non-hydrogen) atoms. The predicted octanol–water partition coefficient (Wildman–Crippen LogP) is 3.28. The summed E-state index contributed by atoms with van der Waals surface area (Å²) in [6, 6.07) is 10.2. The van der Waals surface area contributed by atoms with Crippen LogP contribution in [-0.2, 0) is 13.1 Å². The van der Waals surface area contributed by atoms with Gasteiger partial charge in [0.05, 0.1) is 12.9 Å². The van der Waals surface area contributed by atoms with Gasteiger partial charge >= 0.3 is 0 Å². The van der Waals surface area contributed by atoms with Gasteiger partial charge in [0.25, 0.3) is 0 Å². The van der Waals surface area contributed by atoms with Crippen molar-refractivity contribution in [3.8, 4) is 12.3 Å². The standard InChI is InChI=1S/C19H22N6/c1-3-5-12-25-14-22-16-17(21-13-15-9-7-6-8-10-15)23-19(20-11-4-2)24-18(16)25/h2,6-10,14H,3,5,11-13H2,1H3,(H2,20,21,23,24). The number of nitrogens with one attached hydrogen (secondary N) is 2. The molecule has 6 heteroatoms. The van der Waals surface area contributed by atoms with E-state index >= 15 is 0 Å². The van der Waals surface area contributed by atoms with E-state index in [-0.39, 0.29) is 0 Å². The quantitative estimate of drug-likeness (QED) is 0.619. The van der Waals surface area contributed by atoms with E-state index in [1.54, 1.807) is 0 Å². The van der Waals surface area contributed by atoms with Crippen molar-refractivity contribution in [2.24, 2.45) is 0 Å². The topological polar surface area (TPSA) is 67.7 Å². The molecule has 0 saturated carbocycles. The highest BCUT2D eigenvalue weighted by atomic mass is 15.2. The first kappa shape index (κ1) is 16.8. The van der Waals surface area contributed by atoms with Crippen molar-refractivity contribution in [1.82, 2.24) is 19.5 Å². The molecule has 2 aromatic heterocycles. The Morgan fingerprint density at radius 1 is 1.16 bits per heavy atom. The fraction of sp³-hybridized carbons (Fsp3) is 0.316. The molecule has 0 saturated heterocycles. The summed E-state index contributed by atoms with van der Waals surface area (Å²) in [4.78, 5) is 13.6. The number of terminal acetylenes is 1. The second kappa shape index (κ2) is 8.15. The second-order valence-electron chi connectivity index (χ2n) is 5.76. The Labute approximate surface area is 147 Å². The van der Waals surface area contributed by atoms with Crippen LogP contribution in [0.4, 0.5) is 11.8 Å². The van der Waals surface area contributed by atoms with Gasteiger partial charge in [-0.3, -0.25) is 0 Å². The SMILES string of the molecule is C#CCNc1nc(NCc2ccccc2)c2ncn(CCCC)c2n1. The number of hydrogen-bond acceptors (Lipinski definition) is 5. The fourth-order valence-corrected chi connectivity index (χ4v) is 2.55. The van der Waals surface area contributed by atoms with Gasteiger partial charge in [0.1, 0.15) is 0 Å². The number of aromatic nitrogens is 4. The molecule has 1 aromatic carbocycles. The monoisotopic (exact) mass is 334 g/mol. The van der Waals surface area contributed by atoms with Crippen LogP contribution in [-0.4, -0.2) is 26.1 Å². The first-order valence-corrected chi connectivity index (χ1v) is 8.49. The molecule has 2 N–H and O–H groups in total. The highest BCUT2D eigenvalue weighted by Gasteiger charge is 2.13. The number of aryl methyl sites for hydroxylation is 1. The van der Waals surface area contributed by atoms with E-state index in [0.717, 1.165) is 30.6 Å². The third-order valence-corrected chi connectivity index (χ3v) is 3.87. The summed E-state index contributed by atoms with van der Waals surface area (Å²) in [7, 11) is 0. The molecule has 0 bridgehead atoms. The first-order valence-electron chi connectivity index (χ1n) is 8.49. The van der Waals surface area contributed by atoms with Crippen molar-refractivity contribution in [3.63, 3.8) is 0 Å². The lowest BCUT2D eigenvalue weighted by Gasteiger charge is -2.10. The zero-order valence-corrected chi connectivity index (χ0v) is 14.4. The maximum Gasteiger partial charge on any atom is 0.227 e. The van der Waals surface area contributed by atoms with Crippen LogP contribution < -0.4 is 10.6 Å². The molecule has 0 aliphatic rings. The van der Waals surface area contributed by atoms with Gasteiger partial charge in [-0.2, -0.15) is 9.97 Å². The highest BCUT2D eigenvalue weighted by Crippen LogP contribution is 2.22. The van der Waals surface area contributed by atoms with E-state index in [9.17, 15) is 0 Å². The molecule has 3 rings (SSSR count). The number of nitrogens with zero attached hydrogens (tertiary/aromatic N) is 4. The molecule has 0 aliphatic carbocycles. The molecule has 0 radical (unpaired) electrons. The molecule has 0 spiro atoms. The molecule has 6 nitrogen and oxygen atoms in total. The van der Waals surface area contributed by atoms with Crippen LogP contribution >= 0.6 is 0 Å². The van der Waals surface area contributed by atoms with Crippen molar-refractivity contribution < 1.29 is 0 Å². The minimum Gasteiger partial charge on any atom is -0.364 e. The van der Waals surface area contributed by atoms with Crippen LogP contribution in [0.15, 0.2) is 36.7 Å². The minimum atomic E-state index is 0.382. The predicted molar refractivity (Wildman–Crippen MR) is 101 cm³/mol. The van der Waals surface area contributed by atoms with Crippen LogP contribution in [0.5, 0.6) is 0 Å². The molecule has 0 aliphatic heterocycles. The number of fused-ring (bicyclic) bond motifs is 1. The largest absolute Gasteiger partial charge is 0.364 e. The highest BCUT2D eigenvalue weighted by molar-refractivity contribution is 5.84. The number of unbranched alkanes of at least 4 members (excludes halogenated alkanes) is 1. The number of benzene rings is 1. The number of hydrogen-bond donors (Lipinski definition) is 2. The third kappa shape index (κ3) is 4.07. The van der Waals surface area contributed by atoms with Gasteiger partial charge < -0.3 is 15.2 Å². The van der Waals surface area contributed by atoms with Crippen LogP contribution in [0.2, 0.25) is 0 Å². The molecule has 0 unspecified atom stereocenters. The third-order valence-electron chi connectivity index (χ3n) is 3.87. The van der Waals surface area contributed by atoms with E-state index in [2.05, 4.69) is 55.1 Å². The fourth-order valence-electron chi connectivity index (χ4n) is 2.55. The van der Waals surface area contributed by atoms with Crippen LogP contribution in [0, 0.1) is 12.3 Å². The smallest absolute Gasteiger partial charge is 0.227 e. The van der Waals surface area contributed by atoms with E-state index in [4.69, 9.17) is 6.42 Å². The summed E-state index contributed by atoms with van der Waals surface area (Å²) in [6.45, 7) is 4.10. The van der Waals surface area contributed by atoms with Crippen LogP contribution in [0.3, 0.4) is 0 Å². The van der Waals surface area contributed by atoms with Crippen LogP contribution in [0.25, 0.3) is 11.2 Å². The van der Waals surface area contributed by atoms with Crippen LogP contribution in [0.1, 0.15) is 25.3 Å². The Balaban J connectivity index is 1.91. The Bertz CT molecular complexity index is 863. The van der Waals surface area contributed by atoms with Gasteiger partial charge in [0, 0.05) is 13.1 Å². The van der Waals surface area contributed by atoms with Gasteiger partial charge in [-0.05, 0) is 12.0 Å². The first-order chi connectivity index (χ1) is 12.3. The summed E-state index contributed by atoms with van der Waals surface area (Å²) in [5.74, 6) is 3.78. The lowest BCUT2D eigenvalue weighted by atomic mass is 10.2. The Morgan fingerprint density at radius 3 is 2.76 bits per heavy atom. The van der Waals surface area contributed by atoms with Gasteiger partial charge in [0.2, 0.25) is 5.95 Å². The molecule has 0 atom stereocenters. The Hall–Kier alpha value is -3.07. The average Bonchev–Trinajstić information content (AvgIpc) is 3.06. The minimum absolute atomic E-state index is 0.382. The molecular formula is C19H22N6. The number of imidazole rings is 1. The van der Waals surface area contributed by atoms with Gasteiger partial charge in [-0.1, -0.05) is 49.6 Å². The molecular weight excluding hydrogens is 312 g/mol. The number of rotatable bonds is 8. The molecule has 0 amide bonds. The van der Waals surface area contributed by atoms with Crippen molar-refractivity contribution in [3.05, 3.63) is 42.2 Å². The summed E-state index contributed by atoms with van der Waals surface area (Å²) < 4.78 is 2.06. The molecule has 0 fully saturated rings. The summed E-state index contributed by atoms with van der Waals surface area (Å²) >= 11 is 0. The van der Waals surface area contributed by atoms with E-state index in [1.807, 2.05) is 24.5 Å². The van der Waals surface area contributed by atoms with E-state index < -0.39 is 0 Å². The van der Waals surface area contributed by atoms with Crippen molar-refractivity contribution in [1.29, 1.82) is 0 Å². The molecule has 128 valence electrons. The van der Waals surface area contributed by atoms with Gasteiger partial charge in [-0.25, -0.2) is 4.98 Å². The average molecular weight is 334 g/mol. The normalized spacial score (nSPS) is 10.6. The lowest BCUT2D eigenvalue weighted by molar-refractivity contribution is 0.642. The second-order valence-corrected chi connectivity index (χ2v) is 5.76. The zero-order valence-electron chi connectivity index (χ0n) is 14.4. The Kier molecular flexibility index (Phi) is 5.47. The lowest BCUT2D eigenvalue weighted by Crippen LogP contribution is -2.09.